The van der Waals surface area contributed by atoms with E-state index in [4.69, 9.17) is 4.74 Å². The van der Waals surface area contributed by atoms with Crippen molar-refractivity contribution in [3.63, 3.8) is 0 Å². The zero-order chi connectivity index (χ0) is 15.5. The van der Waals surface area contributed by atoms with Crippen molar-refractivity contribution in [3.05, 3.63) is 0 Å². The number of amides is 2. The number of hydrogen-bond donors (Lipinski definition) is 2. The maximum absolute atomic E-state index is 12.4. The van der Waals surface area contributed by atoms with Crippen LogP contribution in [0.25, 0.3) is 0 Å². The highest BCUT2D eigenvalue weighted by Gasteiger charge is 2.41. The summed E-state index contributed by atoms with van der Waals surface area (Å²) >= 11 is 0. The van der Waals surface area contributed by atoms with Crippen molar-refractivity contribution < 1.29 is 19.4 Å². The molecule has 1 aliphatic heterocycles. The summed E-state index contributed by atoms with van der Waals surface area (Å²) < 4.78 is 5.55. The van der Waals surface area contributed by atoms with Crippen molar-refractivity contribution in [1.29, 1.82) is 0 Å². The molecule has 0 radical (unpaired) electrons. The van der Waals surface area contributed by atoms with E-state index in [9.17, 15) is 14.7 Å². The molecule has 0 aromatic rings. The van der Waals surface area contributed by atoms with Crippen molar-refractivity contribution in [2.75, 3.05) is 26.7 Å². The minimum absolute atomic E-state index is 0.0853. The maximum atomic E-state index is 12.4. The van der Waals surface area contributed by atoms with Crippen LogP contribution in [0.15, 0.2) is 0 Å². The molecule has 1 unspecified atom stereocenters. The van der Waals surface area contributed by atoms with Crippen LogP contribution in [-0.4, -0.2) is 59.8 Å². The molecule has 2 aliphatic rings. The SMILES string of the molecule is CNC(=O)C1(C)CN(C(=O)CC2(O)CCCCC2)CCO1. The monoisotopic (exact) mass is 298 g/mol. The number of carbonyl (C=O) groups is 2. The second-order valence-corrected chi connectivity index (χ2v) is 6.44. The van der Waals surface area contributed by atoms with Crippen molar-refractivity contribution in [1.82, 2.24) is 10.2 Å². The van der Waals surface area contributed by atoms with Gasteiger partial charge in [0.1, 0.15) is 0 Å². The van der Waals surface area contributed by atoms with Gasteiger partial charge in [-0.15, -0.1) is 0 Å². The fourth-order valence-electron chi connectivity index (χ4n) is 3.26. The van der Waals surface area contributed by atoms with Crippen LogP contribution in [0.1, 0.15) is 45.4 Å². The van der Waals surface area contributed by atoms with E-state index in [1.165, 1.54) is 0 Å². The fraction of sp³-hybridized carbons (Fsp3) is 0.867. The van der Waals surface area contributed by atoms with Gasteiger partial charge in [-0.05, 0) is 19.8 Å². The lowest BCUT2D eigenvalue weighted by Crippen LogP contribution is -2.59. The van der Waals surface area contributed by atoms with Crippen molar-refractivity contribution in [3.8, 4) is 0 Å². The molecule has 6 heteroatoms. The molecular weight excluding hydrogens is 272 g/mol. The Morgan fingerprint density at radius 2 is 1.95 bits per heavy atom. The molecule has 2 rings (SSSR count). The molecule has 21 heavy (non-hydrogen) atoms. The molecule has 1 heterocycles. The van der Waals surface area contributed by atoms with Gasteiger partial charge in [0.15, 0.2) is 5.60 Å². The molecule has 2 N–H and O–H groups in total. The van der Waals surface area contributed by atoms with E-state index >= 15 is 0 Å². The number of nitrogens with zero attached hydrogens (tertiary/aromatic N) is 1. The Labute approximate surface area is 125 Å². The summed E-state index contributed by atoms with van der Waals surface area (Å²) in [6.07, 6.45) is 4.61. The zero-order valence-corrected chi connectivity index (χ0v) is 13.0. The van der Waals surface area contributed by atoms with E-state index in [1.54, 1.807) is 18.9 Å². The molecular formula is C15H26N2O4. The molecule has 0 spiro atoms. The Kier molecular flexibility index (Phi) is 4.88. The Bertz CT molecular complexity index is 406. The molecule has 1 atom stereocenters. The first-order valence-corrected chi connectivity index (χ1v) is 7.75. The van der Waals surface area contributed by atoms with Gasteiger partial charge in [-0.2, -0.15) is 0 Å². The number of nitrogens with one attached hydrogen (secondary N) is 1. The minimum atomic E-state index is -1.00. The van der Waals surface area contributed by atoms with Gasteiger partial charge in [0.2, 0.25) is 5.91 Å². The van der Waals surface area contributed by atoms with Crippen molar-refractivity contribution in [2.45, 2.75) is 56.7 Å². The Hall–Kier alpha value is -1.14. The van der Waals surface area contributed by atoms with Gasteiger partial charge < -0.3 is 20.1 Å². The third-order valence-corrected chi connectivity index (χ3v) is 4.60. The molecule has 2 fully saturated rings. The topological polar surface area (TPSA) is 78.9 Å². The number of likely N-dealkylation sites (N-methyl/N-ethyl adjacent to an activating group) is 1. The molecule has 6 nitrogen and oxygen atoms in total. The second kappa shape index (κ2) is 6.32. The largest absolute Gasteiger partial charge is 0.389 e. The summed E-state index contributed by atoms with van der Waals surface area (Å²) in [7, 11) is 1.56. The molecule has 1 saturated carbocycles. The summed E-state index contributed by atoms with van der Waals surface area (Å²) in [5.41, 5.74) is -1.87. The van der Waals surface area contributed by atoms with Crippen LogP contribution < -0.4 is 5.32 Å². The van der Waals surface area contributed by atoms with Gasteiger partial charge in [-0.1, -0.05) is 19.3 Å². The molecule has 1 saturated heterocycles. The van der Waals surface area contributed by atoms with E-state index in [1.807, 2.05) is 0 Å². The smallest absolute Gasteiger partial charge is 0.253 e. The van der Waals surface area contributed by atoms with Gasteiger partial charge in [0.25, 0.3) is 5.91 Å². The molecule has 1 aliphatic carbocycles. The van der Waals surface area contributed by atoms with E-state index < -0.39 is 11.2 Å². The van der Waals surface area contributed by atoms with Crippen LogP contribution in [0.2, 0.25) is 0 Å². The predicted octanol–water partition coefficient (Wildman–Crippen LogP) is 0.435. The van der Waals surface area contributed by atoms with Crippen molar-refractivity contribution in [2.24, 2.45) is 0 Å². The predicted molar refractivity (Wildman–Crippen MR) is 77.7 cm³/mol. The number of morpholine rings is 1. The fourth-order valence-corrected chi connectivity index (χ4v) is 3.26. The lowest BCUT2D eigenvalue weighted by atomic mass is 9.82. The van der Waals surface area contributed by atoms with Gasteiger partial charge in [-0.25, -0.2) is 0 Å². The first kappa shape index (κ1) is 16.2. The second-order valence-electron chi connectivity index (χ2n) is 6.44. The third kappa shape index (κ3) is 3.74. The van der Waals surface area contributed by atoms with Crippen LogP contribution in [0, 0.1) is 0 Å². The summed E-state index contributed by atoms with van der Waals surface area (Å²) in [6.45, 7) is 2.75. The molecule has 2 amide bonds. The summed E-state index contributed by atoms with van der Waals surface area (Å²) in [4.78, 5) is 26.0. The highest BCUT2D eigenvalue weighted by atomic mass is 16.5. The normalized spacial score (nSPS) is 29.0. The zero-order valence-electron chi connectivity index (χ0n) is 13.0. The summed E-state index contributed by atoms with van der Waals surface area (Å²) in [5, 5.41) is 13.1. The van der Waals surface area contributed by atoms with E-state index in [2.05, 4.69) is 5.32 Å². The highest BCUT2D eigenvalue weighted by Crippen LogP contribution is 2.32. The quantitative estimate of drug-likeness (QED) is 0.792. The van der Waals surface area contributed by atoms with Crippen molar-refractivity contribution >= 4 is 11.8 Å². The highest BCUT2D eigenvalue weighted by molar-refractivity contribution is 5.86. The number of hydrogen-bond acceptors (Lipinski definition) is 4. The lowest BCUT2D eigenvalue weighted by Gasteiger charge is -2.40. The van der Waals surface area contributed by atoms with Gasteiger partial charge >= 0.3 is 0 Å². The van der Waals surface area contributed by atoms with Gasteiger partial charge in [-0.3, -0.25) is 9.59 Å². The van der Waals surface area contributed by atoms with Crippen LogP contribution in [-0.2, 0) is 14.3 Å². The standard InChI is InChI=1S/C15H26N2O4/c1-14(13(19)16-2)11-17(8-9-21-14)12(18)10-15(20)6-4-3-5-7-15/h20H,3-11H2,1-2H3,(H,16,19). The van der Waals surface area contributed by atoms with Crippen LogP contribution in [0.4, 0.5) is 0 Å². The molecule has 0 bridgehead atoms. The average Bonchev–Trinajstić information content (AvgIpc) is 2.46. The van der Waals surface area contributed by atoms with E-state index in [0.29, 0.717) is 26.0 Å². The van der Waals surface area contributed by atoms with E-state index in [0.717, 1.165) is 19.3 Å². The van der Waals surface area contributed by atoms with Crippen LogP contribution in [0.5, 0.6) is 0 Å². The van der Waals surface area contributed by atoms with Gasteiger partial charge in [0.05, 0.1) is 25.2 Å². The minimum Gasteiger partial charge on any atom is -0.389 e. The number of carbonyl (C=O) groups excluding carboxylic acids is 2. The third-order valence-electron chi connectivity index (χ3n) is 4.60. The number of rotatable bonds is 3. The number of ether oxygens (including phenoxy) is 1. The first-order chi connectivity index (χ1) is 9.88. The van der Waals surface area contributed by atoms with Crippen LogP contribution in [0.3, 0.4) is 0 Å². The average molecular weight is 298 g/mol. The van der Waals surface area contributed by atoms with Gasteiger partial charge in [0, 0.05) is 13.6 Å². The Morgan fingerprint density at radius 3 is 2.57 bits per heavy atom. The Morgan fingerprint density at radius 1 is 1.29 bits per heavy atom. The van der Waals surface area contributed by atoms with Crippen LogP contribution >= 0.6 is 0 Å². The number of aliphatic hydroxyl groups is 1. The summed E-state index contributed by atoms with van der Waals surface area (Å²) in [5.74, 6) is -0.311. The molecule has 0 aromatic heterocycles. The molecule has 120 valence electrons. The van der Waals surface area contributed by atoms with E-state index in [-0.39, 0.29) is 24.8 Å². The molecule has 0 aromatic carbocycles. The Balaban J connectivity index is 1.97. The summed E-state index contributed by atoms with van der Waals surface area (Å²) in [6, 6.07) is 0. The maximum Gasteiger partial charge on any atom is 0.253 e. The first-order valence-electron chi connectivity index (χ1n) is 7.75. The lowest BCUT2D eigenvalue weighted by molar-refractivity contribution is -0.164.